The molecule has 1 aromatic heterocycles. The molecule has 1 aromatic rings. The molecule has 1 saturated carbocycles. The highest BCUT2D eigenvalue weighted by molar-refractivity contribution is 5.93. The van der Waals surface area contributed by atoms with Crippen molar-refractivity contribution in [3.8, 4) is 0 Å². The first-order valence-electron chi connectivity index (χ1n) is 6.86. The van der Waals surface area contributed by atoms with E-state index in [0.717, 1.165) is 38.6 Å². The Morgan fingerprint density at radius 2 is 2.28 bits per heavy atom. The van der Waals surface area contributed by atoms with Crippen molar-refractivity contribution in [1.29, 1.82) is 0 Å². The first-order chi connectivity index (χ1) is 8.72. The molecule has 18 heavy (non-hydrogen) atoms. The van der Waals surface area contributed by atoms with Gasteiger partial charge in [0.15, 0.2) is 0 Å². The van der Waals surface area contributed by atoms with Crippen LogP contribution in [0.5, 0.6) is 0 Å². The predicted molar refractivity (Wildman–Crippen MR) is 70.5 cm³/mol. The first-order valence-corrected chi connectivity index (χ1v) is 6.86. The topological polar surface area (TPSA) is 54.3 Å². The largest absolute Gasteiger partial charge is 0.391 e. The molecular formula is C14H22N2O2. The molecule has 1 fully saturated rings. The molecule has 1 amide bonds. The number of hydrogen-bond donors (Lipinski definition) is 2. The lowest BCUT2D eigenvalue weighted by Crippen LogP contribution is -2.45. The minimum absolute atomic E-state index is 0.0700. The van der Waals surface area contributed by atoms with E-state index in [9.17, 15) is 9.90 Å². The Balaban J connectivity index is 2.00. The number of hydrogen-bond acceptors (Lipinski definition) is 2. The van der Waals surface area contributed by atoms with Crippen molar-refractivity contribution in [2.45, 2.75) is 57.7 Å². The van der Waals surface area contributed by atoms with E-state index >= 15 is 0 Å². The summed E-state index contributed by atoms with van der Waals surface area (Å²) >= 11 is 0. The monoisotopic (exact) mass is 250 g/mol. The Morgan fingerprint density at radius 3 is 3.00 bits per heavy atom. The molecule has 2 atom stereocenters. The number of aromatic nitrogens is 1. The molecule has 1 heterocycles. The molecule has 1 aliphatic rings. The molecule has 4 nitrogen and oxygen atoms in total. The van der Waals surface area contributed by atoms with E-state index in [2.05, 4.69) is 12.2 Å². The molecule has 0 saturated heterocycles. The fourth-order valence-electron chi connectivity index (χ4n) is 2.58. The lowest BCUT2D eigenvalue weighted by Gasteiger charge is -2.28. The highest BCUT2D eigenvalue weighted by atomic mass is 16.3. The highest BCUT2D eigenvalue weighted by Crippen LogP contribution is 2.18. The normalized spacial score (nSPS) is 23.9. The van der Waals surface area contributed by atoms with E-state index in [1.165, 1.54) is 0 Å². The van der Waals surface area contributed by atoms with Crippen molar-refractivity contribution in [3.05, 3.63) is 24.0 Å². The zero-order chi connectivity index (χ0) is 13.0. The standard InChI is InChI=1S/C14H22N2O2/c1-2-9-16-10-5-7-12(16)14(18)15-11-6-3-4-8-13(11)17/h5,7,10-11,13,17H,2-4,6,8-9H2,1H3,(H,15,18). The van der Waals surface area contributed by atoms with Crippen LogP contribution in [0.3, 0.4) is 0 Å². The van der Waals surface area contributed by atoms with Crippen LogP contribution in [-0.4, -0.2) is 27.7 Å². The van der Waals surface area contributed by atoms with Crippen LogP contribution < -0.4 is 5.32 Å². The number of amides is 1. The van der Waals surface area contributed by atoms with Gasteiger partial charge in [0.2, 0.25) is 0 Å². The number of nitrogens with one attached hydrogen (secondary N) is 1. The number of rotatable bonds is 4. The van der Waals surface area contributed by atoms with Crippen LogP contribution in [0.25, 0.3) is 0 Å². The molecule has 0 spiro atoms. The Bertz CT molecular complexity index is 400. The van der Waals surface area contributed by atoms with Crippen molar-refractivity contribution >= 4 is 5.91 Å². The summed E-state index contributed by atoms with van der Waals surface area (Å²) in [6.45, 7) is 2.94. The van der Waals surface area contributed by atoms with Crippen molar-refractivity contribution in [3.63, 3.8) is 0 Å². The number of aryl methyl sites for hydroxylation is 1. The summed E-state index contributed by atoms with van der Waals surface area (Å²) in [6.07, 6.45) is 6.34. The van der Waals surface area contributed by atoms with Gasteiger partial charge in [-0.3, -0.25) is 4.79 Å². The van der Waals surface area contributed by atoms with Gasteiger partial charge in [0, 0.05) is 12.7 Å². The van der Waals surface area contributed by atoms with Crippen LogP contribution in [-0.2, 0) is 6.54 Å². The van der Waals surface area contributed by atoms with E-state index in [1.807, 2.05) is 22.9 Å². The average molecular weight is 250 g/mol. The van der Waals surface area contributed by atoms with E-state index in [0.29, 0.717) is 5.69 Å². The fourth-order valence-corrected chi connectivity index (χ4v) is 2.58. The zero-order valence-corrected chi connectivity index (χ0v) is 10.9. The Hall–Kier alpha value is -1.29. The fraction of sp³-hybridized carbons (Fsp3) is 0.643. The second kappa shape index (κ2) is 6.05. The summed E-state index contributed by atoms with van der Waals surface area (Å²) in [5.41, 5.74) is 0.689. The Kier molecular flexibility index (Phi) is 4.42. The van der Waals surface area contributed by atoms with Crippen LogP contribution in [0.2, 0.25) is 0 Å². The summed E-state index contributed by atoms with van der Waals surface area (Å²) in [5, 5.41) is 12.8. The molecule has 0 aliphatic heterocycles. The molecule has 2 N–H and O–H groups in total. The highest BCUT2D eigenvalue weighted by Gasteiger charge is 2.25. The van der Waals surface area contributed by atoms with Gasteiger partial charge in [-0.2, -0.15) is 0 Å². The molecular weight excluding hydrogens is 228 g/mol. The quantitative estimate of drug-likeness (QED) is 0.858. The maximum absolute atomic E-state index is 12.2. The van der Waals surface area contributed by atoms with Crippen LogP contribution in [0, 0.1) is 0 Å². The predicted octanol–water partition coefficient (Wildman–Crippen LogP) is 1.93. The summed E-state index contributed by atoms with van der Waals surface area (Å²) in [6, 6.07) is 3.64. The van der Waals surface area contributed by atoms with Gasteiger partial charge in [0.05, 0.1) is 12.1 Å². The SMILES string of the molecule is CCCn1cccc1C(=O)NC1CCCCC1O. The van der Waals surface area contributed by atoms with Crippen molar-refractivity contribution in [1.82, 2.24) is 9.88 Å². The summed E-state index contributed by atoms with van der Waals surface area (Å²) in [4.78, 5) is 12.2. The van der Waals surface area contributed by atoms with Crippen LogP contribution in [0.1, 0.15) is 49.5 Å². The number of aliphatic hydroxyl groups is 1. The average Bonchev–Trinajstić information content (AvgIpc) is 2.81. The smallest absolute Gasteiger partial charge is 0.268 e. The number of aliphatic hydroxyl groups excluding tert-OH is 1. The maximum Gasteiger partial charge on any atom is 0.268 e. The third-order valence-electron chi connectivity index (χ3n) is 3.57. The van der Waals surface area contributed by atoms with Crippen molar-refractivity contribution in [2.24, 2.45) is 0 Å². The zero-order valence-electron chi connectivity index (χ0n) is 10.9. The van der Waals surface area contributed by atoms with E-state index in [1.54, 1.807) is 0 Å². The van der Waals surface area contributed by atoms with Gasteiger partial charge in [0.1, 0.15) is 5.69 Å². The van der Waals surface area contributed by atoms with Crippen LogP contribution >= 0.6 is 0 Å². The third kappa shape index (κ3) is 2.93. The van der Waals surface area contributed by atoms with Gasteiger partial charge in [-0.05, 0) is 31.4 Å². The second-order valence-electron chi connectivity index (χ2n) is 5.02. The van der Waals surface area contributed by atoms with Crippen LogP contribution in [0.15, 0.2) is 18.3 Å². The minimum Gasteiger partial charge on any atom is -0.391 e. The number of carbonyl (C=O) groups is 1. The van der Waals surface area contributed by atoms with Gasteiger partial charge in [-0.15, -0.1) is 0 Å². The van der Waals surface area contributed by atoms with Gasteiger partial charge in [-0.1, -0.05) is 19.8 Å². The molecule has 0 aromatic carbocycles. The Morgan fingerprint density at radius 1 is 1.50 bits per heavy atom. The van der Waals surface area contributed by atoms with E-state index < -0.39 is 6.10 Å². The molecule has 2 unspecified atom stereocenters. The maximum atomic E-state index is 12.2. The molecule has 1 aliphatic carbocycles. The Labute approximate surface area is 108 Å². The molecule has 0 bridgehead atoms. The first kappa shape index (κ1) is 13.1. The van der Waals surface area contributed by atoms with E-state index in [-0.39, 0.29) is 11.9 Å². The van der Waals surface area contributed by atoms with Gasteiger partial charge >= 0.3 is 0 Å². The molecule has 0 radical (unpaired) electrons. The molecule has 100 valence electrons. The lowest BCUT2D eigenvalue weighted by molar-refractivity contribution is 0.0710. The number of carbonyl (C=O) groups excluding carboxylic acids is 1. The van der Waals surface area contributed by atoms with Crippen LogP contribution in [0.4, 0.5) is 0 Å². The third-order valence-corrected chi connectivity index (χ3v) is 3.57. The minimum atomic E-state index is -0.391. The van der Waals surface area contributed by atoms with Gasteiger partial charge < -0.3 is 15.0 Å². The summed E-state index contributed by atoms with van der Waals surface area (Å²) in [7, 11) is 0. The number of nitrogens with zero attached hydrogens (tertiary/aromatic N) is 1. The van der Waals surface area contributed by atoms with E-state index in [4.69, 9.17) is 0 Å². The summed E-state index contributed by atoms with van der Waals surface area (Å²) in [5.74, 6) is -0.0700. The second-order valence-corrected chi connectivity index (χ2v) is 5.02. The molecule has 4 heteroatoms. The van der Waals surface area contributed by atoms with Crippen molar-refractivity contribution < 1.29 is 9.90 Å². The molecule has 2 rings (SSSR count). The van der Waals surface area contributed by atoms with Gasteiger partial charge in [-0.25, -0.2) is 0 Å². The van der Waals surface area contributed by atoms with Gasteiger partial charge in [0.25, 0.3) is 5.91 Å². The van der Waals surface area contributed by atoms with Crippen molar-refractivity contribution in [2.75, 3.05) is 0 Å². The lowest BCUT2D eigenvalue weighted by atomic mass is 9.92. The summed E-state index contributed by atoms with van der Waals surface area (Å²) < 4.78 is 1.96.